The van der Waals surface area contributed by atoms with Crippen LogP contribution in [0.1, 0.15) is 37.8 Å². The fourth-order valence-electron chi connectivity index (χ4n) is 5.70. The minimum absolute atomic E-state index is 0.945. The Balaban J connectivity index is 1.88. The molecule has 1 aromatic heterocycles. The number of hydrogen-bond acceptors (Lipinski definition) is 2. The lowest BCUT2D eigenvalue weighted by Gasteiger charge is -2.20. The predicted molar refractivity (Wildman–Crippen MR) is 146 cm³/mol. The molecule has 3 heteroatoms. The van der Waals surface area contributed by atoms with E-state index in [0.717, 1.165) is 41.6 Å². The second-order valence-electron chi connectivity index (χ2n) is 8.95. The van der Waals surface area contributed by atoms with Gasteiger partial charge in [-0.1, -0.05) is 99.5 Å². The largest absolute Gasteiger partial charge is 0.309 e. The highest BCUT2D eigenvalue weighted by Gasteiger charge is 2.44. The molecule has 0 aliphatic carbocycles. The monoisotopic (exact) mass is 466 g/mol. The van der Waals surface area contributed by atoms with E-state index in [2.05, 4.69) is 74.5 Å². The maximum atomic E-state index is 15.4. The standard InChI is InChI=1S/C30H27OPS/c1-3-12-21-22(13-4-2)28-24-17-9-11-19-26(24)33-30(28)29-27(21)23-16-8-10-18-25(23)32(29,31)20-14-6-5-7-15-20/h5-11,14-19H,3-4,12-13H2,1-2H3. The van der Waals surface area contributed by atoms with Crippen LogP contribution in [0.2, 0.25) is 0 Å². The van der Waals surface area contributed by atoms with Crippen LogP contribution in [0.25, 0.3) is 31.3 Å². The van der Waals surface area contributed by atoms with E-state index in [4.69, 9.17) is 0 Å². The Hall–Kier alpha value is -2.67. The molecule has 5 aromatic rings. The summed E-state index contributed by atoms with van der Waals surface area (Å²) in [6.45, 7) is 4.53. The van der Waals surface area contributed by atoms with Gasteiger partial charge in [0.25, 0.3) is 0 Å². The van der Waals surface area contributed by atoms with Crippen molar-refractivity contribution in [1.82, 2.24) is 0 Å². The first kappa shape index (κ1) is 20.9. The van der Waals surface area contributed by atoms with Gasteiger partial charge in [0.05, 0.1) is 0 Å². The number of benzene rings is 4. The van der Waals surface area contributed by atoms with Gasteiger partial charge in [-0.25, -0.2) is 0 Å². The highest BCUT2D eigenvalue weighted by molar-refractivity contribution is 7.87. The molecule has 0 spiro atoms. The van der Waals surface area contributed by atoms with Gasteiger partial charge in [-0.2, -0.15) is 0 Å². The Kier molecular flexibility index (Phi) is 5.05. The molecule has 33 heavy (non-hydrogen) atoms. The third-order valence-electron chi connectivity index (χ3n) is 6.96. The van der Waals surface area contributed by atoms with Crippen molar-refractivity contribution in [3.8, 4) is 11.1 Å². The quantitative estimate of drug-likeness (QED) is 0.239. The molecule has 0 bridgehead atoms. The van der Waals surface area contributed by atoms with E-state index in [0.29, 0.717) is 0 Å². The van der Waals surface area contributed by atoms with Crippen LogP contribution in [0, 0.1) is 0 Å². The van der Waals surface area contributed by atoms with Crippen LogP contribution >= 0.6 is 18.5 Å². The van der Waals surface area contributed by atoms with Crippen molar-refractivity contribution < 1.29 is 4.57 Å². The third-order valence-corrected chi connectivity index (χ3v) is 11.5. The maximum Gasteiger partial charge on any atom is 0.173 e. The Morgan fingerprint density at radius 3 is 2.21 bits per heavy atom. The summed E-state index contributed by atoms with van der Waals surface area (Å²) in [6, 6.07) is 27.4. The number of fused-ring (bicyclic) bond motifs is 7. The van der Waals surface area contributed by atoms with Crippen molar-refractivity contribution in [3.05, 3.63) is 90.0 Å². The van der Waals surface area contributed by atoms with Gasteiger partial charge in [0.1, 0.15) is 0 Å². The lowest BCUT2D eigenvalue weighted by Crippen LogP contribution is -2.21. The van der Waals surface area contributed by atoms with Crippen LogP contribution in [0.5, 0.6) is 0 Å². The fraction of sp³-hybridized carbons (Fsp3) is 0.200. The fourth-order valence-corrected chi connectivity index (χ4v) is 10.6. The van der Waals surface area contributed by atoms with E-state index >= 15 is 4.57 Å². The summed E-state index contributed by atoms with van der Waals surface area (Å²) in [6.07, 6.45) is 4.25. The van der Waals surface area contributed by atoms with Crippen LogP contribution in [-0.4, -0.2) is 0 Å². The number of aryl methyl sites for hydroxylation is 1. The van der Waals surface area contributed by atoms with Crippen molar-refractivity contribution in [1.29, 1.82) is 0 Å². The van der Waals surface area contributed by atoms with Crippen LogP contribution in [-0.2, 0) is 17.4 Å². The molecule has 0 radical (unpaired) electrons. The third kappa shape index (κ3) is 2.87. The zero-order valence-electron chi connectivity index (χ0n) is 19.1. The average molecular weight is 467 g/mol. The smallest absolute Gasteiger partial charge is 0.173 e. The van der Waals surface area contributed by atoms with Crippen molar-refractivity contribution in [2.24, 2.45) is 0 Å². The predicted octanol–water partition coefficient (Wildman–Crippen LogP) is 7.58. The van der Waals surface area contributed by atoms with Gasteiger partial charge in [-0.05, 0) is 41.2 Å². The van der Waals surface area contributed by atoms with Crippen molar-refractivity contribution in [3.63, 3.8) is 0 Å². The molecule has 0 saturated heterocycles. The molecule has 1 aliphatic rings. The molecule has 0 N–H and O–H groups in total. The molecule has 0 fully saturated rings. The van der Waals surface area contributed by atoms with Crippen LogP contribution in [0.4, 0.5) is 0 Å². The Morgan fingerprint density at radius 1 is 0.758 bits per heavy atom. The number of hydrogen-bond donors (Lipinski definition) is 0. The van der Waals surface area contributed by atoms with Gasteiger partial charge < -0.3 is 4.57 Å². The van der Waals surface area contributed by atoms with Crippen molar-refractivity contribution in [2.45, 2.75) is 39.5 Å². The van der Waals surface area contributed by atoms with Crippen LogP contribution in [0.15, 0.2) is 78.9 Å². The summed E-state index contributed by atoms with van der Waals surface area (Å²) >= 11 is 1.83. The second-order valence-corrected chi connectivity index (χ2v) is 12.7. The van der Waals surface area contributed by atoms with E-state index in [1.54, 1.807) is 0 Å². The lowest BCUT2D eigenvalue weighted by atomic mass is 9.88. The zero-order valence-corrected chi connectivity index (χ0v) is 20.8. The SMILES string of the molecule is CCCc1c2c(c3sc4ccccc4c3c1CCC)P(=O)(c1ccccc1)c1ccccc1-2. The average Bonchev–Trinajstić information content (AvgIpc) is 3.36. The summed E-state index contributed by atoms with van der Waals surface area (Å²) < 4.78 is 17.9. The Bertz CT molecular complexity index is 1560. The topological polar surface area (TPSA) is 17.1 Å². The van der Waals surface area contributed by atoms with E-state index in [9.17, 15) is 0 Å². The first-order valence-electron chi connectivity index (χ1n) is 11.9. The first-order valence-corrected chi connectivity index (χ1v) is 14.5. The van der Waals surface area contributed by atoms with E-state index in [1.165, 1.54) is 42.4 Å². The van der Waals surface area contributed by atoms with E-state index in [-0.39, 0.29) is 0 Å². The minimum atomic E-state index is -2.98. The molecule has 6 rings (SSSR count). The lowest BCUT2D eigenvalue weighted by molar-refractivity contribution is 0.593. The Morgan fingerprint density at radius 2 is 1.42 bits per heavy atom. The number of rotatable bonds is 5. The van der Waals surface area contributed by atoms with Gasteiger partial charge in [0.2, 0.25) is 0 Å². The molecule has 1 aliphatic heterocycles. The van der Waals surface area contributed by atoms with Gasteiger partial charge in [0, 0.05) is 36.1 Å². The summed E-state index contributed by atoms with van der Waals surface area (Å²) in [5.41, 5.74) is 5.34. The van der Waals surface area contributed by atoms with E-state index < -0.39 is 7.14 Å². The zero-order chi connectivity index (χ0) is 22.6. The molecule has 0 saturated carbocycles. The van der Waals surface area contributed by atoms with Gasteiger partial charge in [-0.15, -0.1) is 11.3 Å². The summed E-state index contributed by atoms with van der Waals surface area (Å²) in [5.74, 6) is 0. The molecular formula is C30H27OPS. The molecule has 2 heterocycles. The molecule has 0 amide bonds. The molecule has 164 valence electrons. The summed E-state index contributed by atoms with van der Waals surface area (Å²) in [5, 5.41) is 5.71. The molecule has 4 aromatic carbocycles. The van der Waals surface area contributed by atoms with Gasteiger partial charge in [0.15, 0.2) is 7.14 Å². The Labute approximate surface area is 199 Å². The number of thiophene rings is 1. The van der Waals surface area contributed by atoms with Crippen molar-refractivity contribution >= 4 is 54.6 Å². The minimum Gasteiger partial charge on any atom is -0.309 e. The normalized spacial score (nSPS) is 16.9. The molecule has 1 unspecified atom stereocenters. The van der Waals surface area contributed by atoms with Gasteiger partial charge in [-0.3, -0.25) is 0 Å². The van der Waals surface area contributed by atoms with Crippen molar-refractivity contribution in [2.75, 3.05) is 0 Å². The second kappa shape index (κ2) is 7.97. The first-order chi connectivity index (χ1) is 16.2. The highest BCUT2D eigenvalue weighted by atomic mass is 32.1. The summed E-state index contributed by atoms with van der Waals surface area (Å²) in [4.78, 5) is 0. The molecular weight excluding hydrogens is 439 g/mol. The summed E-state index contributed by atoms with van der Waals surface area (Å²) in [7, 11) is -2.98. The molecule has 1 atom stereocenters. The van der Waals surface area contributed by atoms with Crippen LogP contribution < -0.4 is 15.9 Å². The molecule has 1 nitrogen and oxygen atoms in total. The van der Waals surface area contributed by atoms with Gasteiger partial charge >= 0.3 is 0 Å². The van der Waals surface area contributed by atoms with E-state index in [1.807, 2.05) is 29.5 Å². The highest BCUT2D eigenvalue weighted by Crippen LogP contribution is 2.57. The van der Waals surface area contributed by atoms with Crippen LogP contribution in [0.3, 0.4) is 0 Å². The maximum absolute atomic E-state index is 15.4.